The number of hydrogen-bond donors (Lipinski definition) is 2. The van der Waals surface area contributed by atoms with Crippen molar-refractivity contribution in [1.29, 1.82) is 0 Å². The van der Waals surface area contributed by atoms with Gasteiger partial charge in [0.1, 0.15) is 11.5 Å². The predicted octanol–water partition coefficient (Wildman–Crippen LogP) is 2.66. The third kappa shape index (κ3) is 5.01. The minimum Gasteiger partial charge on any atom is -0.495 e. The molecule has 126 valence electrons. The number of ether oxygens (including phenoxy) is 2. The van der Waals surface area contributed by atoms with Crippen LogP contribution in [0.3, 0.4) is 0 Å². The van der Waals surface area contributed by atoms with Gasteiger partial charge in [0.15, 0.2) is 0 Å². The molecule has 2 aromatic rings. The number of hydrogen-bond acceptors (Lipinski definition) is 5. The van der Waals surface area contributed by atoms with Crippen LogP contribution in [0.4, 0.5) is 5.69 Å². The Kier molecular flexibility index (Phi) is 6.64. The Hall–Kier alpha value is -3.02. The van der Waals surface area contributed by atoms with Gasteiger partial charge in [0.25, 0.3) is 5.91 Å². The Morgan fingerprint density at radius 2 is 1.83 bits per heavy atom. The Labute approximate surface area is 141 Å². The second kappa shape index (κ2) is 9.19. The van der Waals surface area contributed by atoms with Crippen LogP contribution in [-0.2, 0) is 4.79 Å². The van der Waals surface area contributed by atoms with Crippen molar-refractivity contribution < 1.29 is 14.3 Å². The fourth-order valence-electron chi connectivity index (χ4n) is 2.05. The van der Waals surface area contributed by atoms with Crippen LogP contribution >= 0.6 is 0 Å². The highest BCUT2D eigenvalue weighted by Crippen LogP contribution is 2.22. The molecule has 0 unspecified atom stereocenters. The molecule has 2 N–H and O–H groups in total. The van der Waals surface area contributed by atoms with Gasteiger partial charge in [-0.05, 0) is 31.2 Å². The van der Waals surface area contributed by atoms with E-state index in [9.17, 15) is 4.79 Å². The fourth-order valence-corrected chi connectivity index (χ4v) is 2.05. The van der Waals surface area contributed by atoms with E-state index in [1.807, 2.05) is 55.5 Å². The molecule has 2 aromatic carbocycles. The smallest absolute Gasteiger partial charge is 0.259 e. The molecule has 6 heteroatoms. The molecule has 0 aromatic heterocycles. The largest absolute Gasteiger partial charge is 0.495 e. The van der Waals surface area contributed by atoms with Gasteiger partial charge in [-0.2, -0.15) is 5.10 Å². The molecule has 0 spiro atoms. The molecule has 24 heavy (non-hydrogen) atoms. The number of benzene rings is 2. The summed E-state index contributed by atoms with van der Waals surface area (Å²) >= 11 is 0. The highest BCUT2D eigenvalue weighted by atomic mass is 16.5. The van der Waals surface area contributed by atoms with Crippen molar-refractivity contribution in [3.63, 3.8) is 0 Å². The van der Waals surface area contributed by atoms with Crippen molar-refractivity contribution in [3.05, 3.63) is 54.1 Å². The fraction of sp³-hybridized carbons (Fsp3) is 0.222. The molecule has 0 bridgehead atoms. The standard InChI is InChI=1S/C18H21N3O3/c1-3-24-16-10-6-4-8-14(16)12-20-21-18(22)13-19-15-9-5-7-11-17(15)23-2/h4-12,19H,3,13H2,1-2H3,(H,21,22)/b20-12-. The van der Waals surface area contributed by atoms with Crippen molar-refractivity contribution in [1.82, 2.24) is 5.43 Å². The Bertz CT molecular complexity index is 701. The molecular weight excluding hydrogens is 306 g/mol. The van der Waals surface area contributed by atoms with Gasteiger partial charge in [-0.15, -0.1) is 0 Å². The van der Waals surface area contributed by atoms with Crippen LogP contribution in [0.25, 0.3) is 0 Å². The van der Waals surface area contributed by atoms with Crippen LogP contribution in [-0.4, -0.2) is 32.4 Å². The zero-order chi connectivity index (χ0) is 17.2. The molecule has 0 radical (unpaired) electrons. The lowest BCUT2D eigenvalue weighted by atomic mass is 10.2. The van der Waals surface area contributed by atoms with Crippen molar-refractivity contribution in [3.8, 4) is 11.5 Å². The maximum atomic E-state index is 11.9. The zero-order valence-corrected chi connectivity index (χ0v) is 13.8. The lowest BCUT2D eigenvalue weighted by Gasteiger charge is -2.09. The quantitative estimate of drug-likeness (QED) is 0.577. The number of hydrazone groups is 1. The molecule has 0 saturated carbocycles. The second-order valence-electron chi connectivity index (χ2n) is 4.82. The summed E-state index contributed by atoms with van der Waals surface area (Å²) in [5.41, 5.74) is 4.03. The van der Waals surface area contributed by atoms with E-state index in [1.165, 1.54) is 0 Å². The number of amides is 1. The van der Waals surface area contributed by atoms with E-state index in [0.29, 0.717) is 12.4 Å². The number of nitrogens with one attached hydrogen (secondary N) is 2. The van der Waals surface area contributed by atoms with Gasteiger partial charge in [-0.3, -0.25) is 4.79 Å². The van der Waals surface area contributed by atoms with Crippen LogP contribution < -0.4 is 20.2 Å². The van der Waals surface area contributed by atoms with Crippen LogP contribution in [0.2, 0.25) is 0 Å². The highest BCUT2D eigenvalue weighted by molar-refractivity contribution is 5.86. The first kappa shape index (κ1) is 17.3. The molecule has 0 heterocycles. The van der Waals surface area contributed by atoms with E-state index >= 15 is 0 Å². The number of para-hydroxylation sites is 3. The van der Waals surface area contributed by atoms with Gasteiger partial charge in [-0.25, -0.2) is 5.43 Å². The van der Waals surface area contributed by atoms with Crippen LogP contribution in [0.5, 0.6) is 11.5 Å². The van der Waals surface area contributed by atoms with Gasteiger partial charge in [0.2, 0.25) is 0 Å². The summed E-state index contributed by atoms with van der Waals surface area (Å²) < 4.78 is 10.7. The molecule has 1 amide bonds. The van der Waals surface area contributed by atoms with Gasteiger partial charge in [0, 0.05) is 5.56 Å². The summed E-state index contributed by atoms with van der Waals surface area (Å²) in [5, 5.41) is 6.97. The molecule has 6 nitrogen and oxygen atoms in total. The third-order valence-electron chi connectivity index (χ3n) is 3.16. The number of anilines is 1. The SMILES string of the molecule is CCOc1ccccc1/C=N\NC(=O)CNc1ccccc1OC. The van der Waals surface area contributed by atoms with Gasteiger partial charge >= 0.3 is 0 Å². The number of carbonyl (C=O) groups excluding carboxylic acids is 1. The summed E-state index contributed by atoms with van der Waals surface area (Å²) in [4.78, 5) is 11.9. The summed E-state index contributed by atoms with van der Waals surface area (Å²) in [6, 6.07) is 14.9. The molecule has 0 aliphatic heterocycles. The van der Waals surface area contributed by atoms with E-state index in [1.54, 1.807) is 13.3 Å². The van der Waals surface area contributed by atoms with Gasteiger partial charge in [-0.1, -0.05) is 24.3 Å². The van der Waals surface area contributed by atoms with Gasteiger partial charge in [0.05, 0.1) is 32.2 Å². The van der Waals surface area contributed by atoms with E-state index in [2.05, 4.69) is 15.8 Å². The van der Waals surface area contributed by atoms with E-state index in [0.717, 1.165) is 17.0 Å². The minimum atomic E-state index is -0.258. The monoisotopic (exact) mass is 327 g/mol. The average Bonchev–Trinajstić information content (AvgIpc) is 2.62. The number of carbonyl (C=O) groups is 1. The summed E-state index contributed by atoms with van der Waals surface area (Å²) in [5.74, 6) is 1.15. The Balaban J connectivity index is 1.87. The van der Waals surface area contributed by atoms with Crippen molar-refractivity contribution in [2.45, 2.75) is 6.92 Å². The maximum Gasteiger partial charge on any atom is 0.259 e. The molecule has 0 fully saturated rings. The maximum absolute atomic E-state index is 11.9. The molecule has 0 atom stereocenters. The first-order chi connectivity index (χ1) is 11.7. The lowest BCUT2D eigenvalue weighted by Crippen LogP contribution is -2.26. The first-order valence-corrected chi connectivity index (χ1v) is 7.65. The molecular formula is C18H21N3O3. The Morgan fingerprint density at radius 1 is 1.12 bits per heavy atom. The number of rotatable bonds is 8. The minimum absolute atomic E-state index is 0.0881. The molecule has 0 aliphatic rings. The lowest BCUT2D eigenvalue weighted by molar-refractivity contribution is -0.119. The normalized spacial score (nSPS) is 10.4. The number of nitrogens with zero attached hydrogens (tertiary/aromatic N) is 1. The second-order valence-corrected chi connectivity index (χ2v) is 4.82. The van der Waals surface area contributed by atoms with E-state index < -0.39 is 0 Å². The molecule has 2 rings (SSSR count). The number of methoxy groups -OCH3 is 1. The first-order valence-electron chi connectivity index (χ1n) is 7.65. The van der Waals surface area contributed by atoms with Crippen LogP contribution in [0, 0.1) is 0 Å². The topological polar surface area (TPSA) is 72.0 Å². The molecule has 0 saturated heterocycles. The van der Waals surface area contributed by atoms with Crippen molar-refractivity contribution in [2.75, 3.05) is 25.6 Å². The van der Waals surface area contributed by atoms with E-state index in [4.69, 9.17) is 9.47 Å². The third-order valence-corrected chi connectivity index (χ3v) is 3.16. The predicted molar refractivity (Wildman–Crippen MR) is 94.8 cm³/mol. The Morgan fingerprint density at radius 3 is 2.58 bits per heavy atom. The highest BCUT2D eigenvalue weighted by Gasteiger charge is 2.04. The van der Waals surface area contributed by atoms with Gasteiger partial charge < -0.3 is 14.8 Å². The summed E-state index contributed by atoms with van der Waals surface area (Å²) in [6.07, 6.45) is 1.56. The zero-order valence-electron chi connectivity index (χ0n) is 13.8. The van der Waals surface area contributed by atoms with Crippen molar-refractivity contribution in [2.24, 2.45) is 5.10 Å². The van der Waals surface area contributed by atoms with Crippen LogP contribution in [0.1, 0.15) is 12.5 Å². The summed E-state index contributed by atoms with van der Waals surface area (Å²) in [7, 11) is 1.58. The summed E-state index contributed by atoms with van der Waals surface area (Å²) in [6.45, 7) is 2.57. The van der Waals surface area contributed by atoms with Crippen molar-refractivity contribution >= 4 is 17.8 Å². The average molecular weight is 327 g/mol. The van der Waals surface area contributed by atoms with E-state index in [-0.39, 0.29) is 12.5 Å². The molecule has 0 aliphatic carbocycles. The van der Waals surface area contributed by atoms with Crippen LogP contribution in [0.15, 0.2) is 53.6 Å².